The number of nitrogens with one attached hydrogen (secondary N) is 1. The molecule has 0 unspecified atom stereocenters. The lowest BCUT2D eigenvalue weighted by molar-refractivity contribution is 0.509. The molecule has 0 saturated carbocycles. The normalized spacial score (nSPS) is 11.0. The second-order valence-electron chi connectivity index (χ2n) is 4.61. The SMILES string of the molecule is O=c1[nH]c(=O)n(Cc2ccccc2)c2cc(F)c(F)cc12. The molecule has 0 atom stereocenters. The highest BCUT2D eigenvalue weighted by Crippen LogP contribution is 2.15. The van der Waals surface area contributed by atoms with Gasteiger partial charge >= 0.3 is 5.69 Å². The molecule has 0 radical (unpaired) electrons. The summed E-state index contributed by atoms with van der Waals surface area (Å²) in [4.78, 5) is 25.8. The molecule has 1 heterocycles. The molecule has 0 fully saturated rings. The van der Waals surface area contributed by atoms with E-state index >= 15 is 0 Å². The Balaban J connectivity index is 2.29. The third-order valence-corrected chi connectivity index (χ3v) is 3.22. The van der Waals surface area contributed by atoms with E-state index in [-0.39, 0.29) is 17.4 Å². The number of benzene rings is 2. The van der Waals surface area contributed by atoms with Gasteiger partial charge < -0.3 is 0 Å². The van der Waals surface area contributed by atoms with E-state index in [9.17, 15) is 18.4 Å². The van der Waals surface area contributed by atoms with Gasteiger partial charge in [0.05, 0.1) is 17.4 Å². The maximum atomic E-state index is 13.4. The summed E-state index contributed by atoms with van der Waals surface area (Å²) in [5.41, 5.74) is -0.537. The molecule has 0 saturated heterocycles. The Hall–Kier alpha value is -2.76. The molecule has 0 aliphatic rings. The average molecular weight is 288 g/mol. The fourth-order valence-corrected chi connectivity index (χ4v) is 2.21. The van der Waals surface area contributed by atoms with Crippen LogP contribution in [-0.2, 0) is 6.54 Å². The van der Waals surface area contributed by atoms with Gasteiger partial charge in [0.2, 0.25) is 0 Å². The van der Waals surface area contributed by atoms with Gasteiger partial charge in [-0.05, 0) is 11.6 Å². The number of nitrogens with zero attached hydrogens (tertiary/aromatic N) is 1. The molecule has 6 heteroatoms. The fourth-order valence-electron chi connectivity index (χ4n) is 2.21. The van der Waals surface area contributed by atoms with Gasteiger partial charge in [0.25, 0.3) is 5.56 Å². The second-order valence-corrected chi connectivity index (χ2v) is 4.61. The van der Waals surface area contributed by atoms with Crippen molar-refractivity contribution in [1.29, 1.82) is 0 Å². The van der Waals surface area contributed by atoms with Crippen LogP contribution in [0.15, 0.2) is 52.1 Å². The molecule has 0 amide bonds. The molecule has 3 aromatic rings. The number of halogens is 2. The zero-order valence-corrected chi connectivity index (χ0v) is 10.8. The van der Waals surface area contributed by atoms with Crippen LogP contribution in [0.2, 0.25) is 0 Å². The van der Waals surface area contributed by atoms with Gasteiger partial charge in [0.15, 0.2) is 11.6 Å². The van der Waals surface area contributed by atoms with Crippen molar-refractivity contribution in [3.05, 3.63) is 80.5 Å². The van der Waals surface area contributed by atoms with Crippen LogP contribution in [0.4, 0.5) is 8.78 Å². The van der Waals surface area contributed by atoms with E-state index < -0.39 is 22.9 Å². The highest BCUT2D eigenvalue weighted by Gasteiger charge is 2.12. The van der Waals surface area contributed by atoms with Gasteiger partial charge in [-0.15, -0.1) is 0 Å². The van der Waals surface area contributed by atoms with Crippen molar-refractivity contribution in [1.82, 2.24) is 9.55 Å². The highest BCUT2D eigenvalue weighted by molar-refractivity contribution is 5.78. The predicted molar refractivity (Wildman–Crippen MR) is 74.3 cm³/mol. The number of fused-ring (bicyclic) bond motifs is 1. The third kappa shape index (κ3) is 2.35. The molecular formula is C15H10F2N2O2. The van der Waals surface area contributed by atoms with Crippen LogP contribution in [0.5, 0.6) is 0 Å². The number of aromatic amines is 1. The predicted octanol–water partition coefficient (Wildman–Crippen LogP) is 2.02. The average Bonchev–Trinajstić information content (AvgIpc) is 2.47. The molecule has 2 aromatic carbocycles. The summed E-state index contributed by atoms with van der Waals surface area (Å²) in [5.74, 6) is -2.23. The van der Waals surface area contributed by atoms with Crippen LogP contribution < -0.4 is 11.2 Å². The molecule has 1 aromatic heterocycles. The van der Waals surface area contributed by atoms with Crippen molar-refractivity contribution in [3.8, 4) is 0 Å². The van der Waals surface area contributed by atoms with E-state index in [1.54, 1.807) is 24.3 Å². The first kappa shape index (κ1) is 13.2. The monoisotopic (exact) mass is 288 g/mol. The summed E-state index contributed by atoms with van der Waals surface area (Å²) in [6, 6.07) is 10.7. The van der Waals surface area contributed by atoms with E-state index in [0.717, 1.165) is 17.7 Å². The van der Waals surface area contributed by atoms with Crippen molar-refractivity contribution in [2.75, 3.05) is 0 Å². The first-order valence-corrected chi connectivity index (χ1v) is 6.22. The Kier molecular flexibility index (Phi) is 3.13. The minimum Gasteiger partial charge on any atom is -0.289 e. The molecule has 4 nitrogen and oxygen atoms in total. The van der Waals surface area contributed by atoms with E-state index in [1.807, 2.05) is 6.07 Å². The first-order chi connectivity index (χ1) is 10.1. The zero-order valence-electron chi connectivity index (χ0n) is 10.8. The summed E-state index contributed by atoms with van der Waals surface area (Å²) in [7, 11) is 0. The Morgan fingerprint density at radius 3 is 2.38 bits per heavy atom. The molecule has 0 bridgehead atoms. The number of hydrogen-bond acceptors (Lipinski definition) is 2. The topological polar surface area (TPSA) is 54.9 Å². The van der Waals surface area contributed by atoms with Crippen molar-refractivity contribution >= 4 is 10.9 Å². The highest BCUT2D eigenvalue weighted by atomic mass is 19.2. The lowest BCUT2D eigenvalue weighted by Crippen LogP contribution is -2.30. The van der Waals surface area contributed by atoms with Crippen LogP contribution in [-0.4, -0.2) is 9.55 Å². The standard InChI is InChI=1S/C15H10F2N2O2/c16-11-6-10-13(7-12(11)17)19(15(21)18-14(10)20)8-9-4-2-1-3-5-9/h1-7H,8H2,(H,18,20,21). The molecule has 0 spiro atoms. The van der Waals surface area contributed by atoms with Gasteiger partial charge in [-0.3, -0.25) is 14.3 Å². The van der Waals surface area contributed by atoms with Crippen LogP contribution in [0, 0.1) is 11.6 Å². The molecule has 3 rings (SSSR count). The Morgan fingerprint density at radius 1 is 1.00 bits per heavy atom. The number of H-pyrrole nitrogens is 1. The van der Waals surface area contributed by atoms with E-state index in [0.29, 0.717) is 0 Å². The number of hydrogen-bond donors (Lipinski definition) is 1. The molecule has 106 valence electrons. The Morgan fingerprint density at radius 2 is 1.67 bits per heavy atom. The van der Waals surface area contributed by atoms with Crippen molar-refractivity contribution in [3.63, 3.8) is 0 Å². The van der Waals surface area contributed by atoms with Crippen LogP contribution in [0.1, 0.15) is 5.56 Å². The van der Waals surface area contributed by atoms with Gasteiger partial charge in [0, 0.05) is 6.07 Å². The maximum Gasteiger partial charge on any atom is 0.329 e. The van der Waals surface area contributed by atoms with E-state index in [1.165, 1.54) is 4.57 Å². The molecular weight excluding hydrogens is 278 g/mol. The third-order valence-electron chi connectivity index (χ3n) is 3.22. The summed E-state index contributed by atoms with van der Waals surface area (Å²) >= 11 is 0. The summed E-state index contributed by atoms with van der Waals surface area (Å²) in [6.07, 6.45) is 0. The molecule has 0 aliphatic carbocycles. The fraction of sp³-hybridized carbons (Fsp3) is 0.0667. The lowest BCUT2D eigenvalue weighted by atomic mass is 10.2. The Labute approximate surface area is 117 Å². The maximum absolute atomic E-state index is 13.4. The zero-order chi connectivity index (χ0) is 15.0. The van der Waals surface area contributed by atoms with Crippen molar-refractivity contribution in [2.45, 2.75) is 6.54 Å². The smallest absolute Gasteiger partial charge is 0.289 e. The van der Waals surface area contributed by atoms with Gasteiger partial charge in [-0.25, -0.2) is 13.6 Å². The minimum atomic E-state index is -1.13. The lowest BCUT2D eigenvalue weighted by Gasteiger charge is -2.10. The Bertz CT molecular complexity index is 930. The summed E-state index contributed by atoms with van der Waals surface area (Å²) < 4.78 is 27.9. The largest absolute Gasteiger partial charge is 0.329 e. The van der Waals surface area contributed by atoms with Gasteiger partial charge in [-0.2, -0.15) is 0 Å². The van der Waals surface area contributed by atoms with Gasteiger partial charge in [0.1, 0.15) is 0 Å². The molecule has 1 N–H and O–H groups in total. The summed E-state index contributed by atoms with van der Waals surface area (Å²) in [5, 5.41) is -0.0653. The first-order valence-electron chi connectivity index (χ1n) is 6.22. The molecule has 21 heavy (non-hydrogen) atoms. The minimum absolute atomic E-state index is 0.0616. The number of rotatable bonds is 2. The quantitative estimate of drug-likeness (QED) is 0.784. The number of aromatic nitrogens is 2. The van der Waals surface area contributed by atoms with Crippen LogP contribution in [0.3, 0.4) is 0 Å². The molecule has 0 aliphatic heterocycles. The van der Waals surface area contributed by atoms with E-state index in [4.69, 9.17) is 0 Å². The second kappa shape index (κ2) is 4.97. The van der Waals surface area contributed by atoms with Crippen molar-refractivity contribution in [2.24, 2.45) is 0 Å². The van der Waals surface area contributed by atoms with Gasteiger partial charge in [-0.1, -0.05) is 30.3 Å². The van der Waals surface area contributed by atoms with Crippen LogP contribution in [0.25, 0.3) is 10.9 Å². The van der Waals surface area contributed by atoms with Crippen molar-refractivity contribution < 1.29 is 8.78 Å². The summed E-state index contributed by atoms with van der Waals surface area (Å²) in [6.45, 7) is 0.151. The van der Waals surface area contributed by atoms with E-state index in [2.05, 4.69) is 4.98 Å². The van der Waals surface area contributed by atoms with Crippen LogP contribution >= 0.6 is 0 Å².